The Bertz CT molecular complexity index is 1110. The van der Waals surface area contributed by atoms with Crippen molar-refractivity contribution in [3.63, 3.8) is 0 Å². The molecule has 0 aliphatic heterocycles. The number of amides is 1. The first-order valence-corrected chi connectivity index (χ1v) is 9.76. The van der Waals surface area contributed by atoms with Gasteiger partial charge in [0.15, 0.2) is 0 Å². The molecular weight excluding hydrogens is 370 g/mol. The molecule has 0 aliphatic carbocycles. The molecule has 1 unspecified atom stereocenters. The third-order valence-corrected chi connectivity index (χ3v) is 5.31. The monoisotopic (exact) mass is 389 g/mol. The highest BCUT2D eigenvalue weighted by atomic mass is 32.2. The Balaban J connectivity index is 1.66. The molecule has 0 aliphatic rings. The van der Waals surface area contributed by atoms with Gasteiger partial charge in [-0.2, -0.15) is 4.98 Å². The summed E-state index contributed by atoms with van der Waals surface area (Å²) < 4.78 is 1.70. The van der Waals surface area contributed by atoms with Gasteiger partial charge >= 0.3 is 0 Å². The number of nitrogens with zero attached hydrogens (tertiary/aromatic N) is 4. The molecule has 0 saturated carbocycles. The molecular formula is C21H19N5OS. The van der Waals surface area contributed by atoms with Crippen LogP contribution in [0.15, 0.2) is 71.9 Å². The van der Waals surface area contributed by atoms with Crippen LogP contribution in [0, 0.1) is 13.8 Å². The summed E-state index contributed by atoms with van der Waals surface area (Å²) in [5.74, 6) is 0.414. The number of hydrogen-bond acceptors (Lipinski definition) is 5. The van der Waals surface area contributed by atoms with E-state index in [0.29, 0.717) is 10.9 Å². The van der Waals surface area contributed by atoms with Gasteiger partial charge in [-0.15, -0.1) is 5.10 Å². The Labute approximate surface area is 167 Å². The first-order valence-electron chi connectivity index (χ1n) is 8.89. The number of para-hydroxylation sites is 1. The summed E-state index contributed by atoms with van der Waals surface area (Å²) in [6, 6.07) is 21.0. The van der Waals surface area contributed by atoms with Gasteiger partial charge in [-0.25, -0.2) is 9.50 Å². The molecule has 4 aromatic rings. The highest BCUT2D eigenvalue weighted by Gasteiger charge is 2.24. The number of fused-ring (bicyclic) bond motifs is 1. The van der Waals surface area contributed by atoms with Gasteiger partial charge in [0.05, 0.1) is 0 Å². The van der Waals surface area contributed by atoms with Crippen LogP contribution in [0.1, 0.15) is 22.2 Å². The van der Waals surface area contributed by atoms with Crippen LogP contribution in [0.4, 0.5) is 5.69 Å². The number of carbonyl (C=O) groups is 1. The SMILES string of the molecule is Cc1cc(C)n2nc(SC(C(=O)Nc3ccccc3)c3ccccc3)nc2n1. The molecule has 1 atom stereocenters. The summed E-state index contributed by atoms with van der Waals surface area (Å²) in [6.45, 7) is 3.89. The van der Waals surface area contributed by atoms with Crippen molar-refractivity contribution in [2.75, 3.05) is 5.32 Å². The average molecular weight is 389 g/mol. The summed E-state index contributed by atoms with van der Waals surface area (Å²) in [7, 11) is 0. The zero-order valence-electron chi connectivity index (χ0n) is 15.5. The minimum Gasteiger partial charge on any atom is -0.325 e. The second-order valence-electron chi connectivity index (χ2n) is 6.41. The lowest BCUT2D eigenvalue weighted by Gasteiger charge is -2.15. The van der Waals surface area contributed by atoms with Crippen molar-refractivity contribution in [1.82, 2.24) is 19.6 Å². The van der Waals surface area contributed by atoms with Crippen LogP contribution in [-0.2, 0) is 4.79 Å². The maximum Gasteiger partial charge on any atom is 0.253 e. The van der Waals surface area contributed by atoms with Crippen LogP contribution < -0.4 is 5.32 Å². The molecule has 1 amide bonds. The van der Waals surface area contributed by atoms with Crippen LogP contribution >= 0.6 is 11.8 Å². The van der Waals surface area contributed by atoms with E-state index in [1.807, 2.05) is 80.6 Å². The maximum atomic E-state index is 13.0. The fraction of sp³-hybridized carbons (Fsp3) is 0.143. The van der Waals surface area contributed by atoms with E-state index in [1.54, 1.807) is 4.52 Å². The number of carbonyl (C=O) groups excluding carboxylic acids is 1. The lowest BCUT2D eigenvalue weighted by atomic mass is 10.1. The van der Waals surface area contributed by atoms with E-state index in [-0.39, 0.29) is 5.91 Å². The van der Waals surface area contributed by atoms with E-state index >= 15 is 0 Å². The first-order chi connectivity index (χ1) is 13.6. The van der Waals surface area contributed by atoms with Crippen LogP contribution in [0.25, 0.3) is 5.78 Å². The molecule has 2 heterocycles. The standard InChI is InChI=1S/C21H19N5OS/c1-14-13-15(2)26-20(22-14)24-21(25-26)28-18(16-9-5-3-6-10-16)19(27)23-17-11-7-4-8-12-17/h3-13,18H,1-2H3,(H,23,27). The van der Waals surface area contributed by atoms with E-state index < -0.39 is 5.25 Å². The van der Waals surface area contributed by atoms with Crippen molar-refractivity contribution in [2.45, 2.75) is 24.3 Å². The number of benzene rings is 2. The largest absolute Gasteiger partial charge is 0.325 e. The second kappa shape index (κ2) is 7.82. The van der Waals surface area contributed by atoms with Crippen molar-refractivity contribution in [3.05, 3.63) is 83.7 Å². The van der Waals surface area contributed by atoms with E-state index in [1.165, 1.54) is 11.8 Å². The Kier molecular flexibility index (Phi) is 5.08. The van der Waals surface area contributed by atoms with Crippen molar-refractivity contribution in [3.8, 4) is 0 Å². The predicted molar refractivity (Wildman–Crippen MR) is 110 cm³/mol. The summed E-state index contributed by atoms with van der Waals surface area (Å²) in [5, 5.41) is 7.54. The lowest BCUT2D eigenvalue weighted by Crippen LogP contribution is -2.19. The van der Waals surface area contributed by atoms with E-state index in [4.69, 9.17) is 0 Å². The molecule has 0 saturated heterocycles. The highest BCUT2D eigenvalue weighted by Crippen LogP contribution is 2.34. The quantitative estimate of drug-likeness (QED) is 0.518. The molecule has 140 valence electrons. The van der Waals surface area contributed by atoms with Gasteiger partial charge in [-0.1, -0.05) is 60.3 Å². The molecule has 0 bridgehead atoms. The first kappa shape index (κ1) is 18.2. The van der Waals surface area contributed by atoms with Gasteiger partial charge in [0.25, 0.3) is 5.78 Å². The maximum absolute atomic E-state index is 13.0. The summed E-state index contributed by atoms with van der Waals surface area (Å²) >= 11 is 1.31. The van der Waals surface area contributed by atoms with Crippen LogP contribution in [0.3, 0.4) is 0 Å². The molecule has 1 N–H and O–H groups in total. The number of aromatic nitrogens is 4. The van der Waals surface area contributed by atoms with E-state index in [2.05, 4.69) is 20.4 Å². The Morgan fingerprint density at radius 3 is 2.39 bits per heavy atom. The van der Waals surface area contributed by atoms with Gasteiger partial charge in [-0.3, -0.25) is 4.79 Å². The fourth-order valence-electron chi connectivity index (χ4n) is 2.93. The van der Waals surface area contributed by atoms with Gasteiger partial charge in [-0.05, 0) is 37.6 Å². The van der Waals surface area contributed by atoms with Crippen molar-refractivity contribution in [1.29, 1.82) is 0 Å². The summed E-state index contributed by atoms with van der Waals surface area (Å²) in [6.07, 6.45) is 0. The van der Waals surface area contributed by atoms with Crippen LogP contribution in [0.5, 0.6) is 0 Å². The normalized spacial score (nSPS) is 12.1. The molecule has 0 spiro atoms. The average Bonchev–Trinajstić information content (AvgIpc) is 3.10. The van der Waals surface area contributed by atoms with E-state index in [0.717, 1.165) is 22.6 Å². The number of nitrogens with one attached hydrogen (secondary N) is 1. The smallest absolute Gasteiger partial charge is 0.253 e. The molecule has 28 heavy (non-hydrogen) atoms. The van der Waals surface area contributed by atoms with Gasteiger partial charge in [0.1, 0.15) is 5.25 Å². The van der Waals surface area contributed by atoms with E-state index in [9.17, 15) is 4.79 Å². The molecule has 7 heteroatoms. The Morgan fingerprint density at radius 1 is 1.00 bits per heavy atom. The fourth-order valence-corrected chi connectivity index (χ4v) is 3.87. The highest BCUT2D eigenvalue weighted by molar-refractivity contribution is 8.00. The summed E-state index contributed by atoms with van der Waals surface area (Å²) in [5.41, 5.74) is 3.48. The number of rotatable bonds is 5. The van der Waals surface area contributed by atoms with Crippen molar-refractivity contribution < 1.29 is 4.79 Å². The van der Waals surface area contributed by atoms with Gasteiger partial charge < -0.3 is 5.32 Å². The minimum absolute atomic E-state index is 0.123. The number of thioether (sulfide) groups is 1. The molecule has 6 nitrogen and oxygen atoms in total. The van der Waals surface area contributed by atoms with Crippen LogP contribution in [-0.4, -0.2) is 25.5 Å². The third kappa shape index (κ3) is 3.89. The molecule has 0 radical (unpaired) electrons. The van der Waals surface area contributed by atoms with Gasteiger partial charge in [0.2, 0.25) is 11.1 Å². The Hall–Kier alpha value is -3.19. The number of hydrogen-bond donors (Lipinski definition) is 1. The Morgan fingerprint density at radius 2 is 1.68 bits per heavy atom. The topological polar surface area (TPSA) is 72.2 Å². The lowest BCUT2D eigenvalue weighted by molar-refractivity contribution is -0.115. The molecule has 4 rings (SSSR count). The minimum atomic E-state index is -0.486. The second-order valence-corrected chi connectivity index (χ2v) is 7.48. The molecule has 2 aromatic heterocycles. The van der Waals surface area contributed by atoms with Crippen LogP contribution in [0.2, 0.25) is 0 Å². The summed E-state index contributed by atoms with van der Waals surface area (Å²) in [4.78, 5) is 22.0. The zero-order chi connectivity index (χ0) is 19.5. The van der Waals surface area contributed by atoms with Gasteiger partial charge in [0, 0.05) is 17.1 Å². The number of anilines is 1. The predicted octanol–water partition coefficient (Wildman–Crippen LogP) is 4.21. The number of aryl methyl sites for hydroxylation is 2. The zero-order valence-corrected chi connectivity index (χ0v) is 16.4. The van der Waals surface area contributed by atoms with Crippen molar-refractivity contribution in [2.24, 2.45) is 0 Å². The molecule has 2 aromatic carbocycles. The van der Waals surface area contributed by atoms with Crippen molar-refractivity contribution >= 4 is 29.1 Å². The third-order valence-electron chi connectivity index (χ3n) is 4.20. The molecule has 0 fully saturated rings.